The van der Waals surface area contributed by atoms with Gasteiger partial charge in [0.1, 0.15) is 5.75 Å². The Bertz CT molecular complexity index is 1020. The number of thioether (sulfide) groups is 1. The lowest BCUT2D eigenvalue weighted by molar-refractivity contribution is -0.138. The summed E-state index contributed by atoms with van der Waals surface area (Å²) in [6.45, 7) is 6.32. The summed E-state index contributed by atoms with van der Waals surface area (Å²) in [6, 6.07) is 10.5. The van der Waals surface area contributed by atoms with E-state index in [-0.39, 0.29) is 22.4 Å². The molecule has 2 amide bonds. The fraction of sp³-hybridized carbons (Fsp3) is 0.273. The number of carbonyl (C=O) groups excluding carboxylic acids is 2. The van der Waals surface area contributed by atoms with E-state index in [1.165, 1.54) is 12.1 Å². The summed E-state index contributed by atoms with van der Waals surface area (Å²) in [6.07, 6.45) is -3.51. The number of hydrogen-bond donors (Lipinski definition) is 1. The lowest BCUT2D eigenvalue weighted by Gasteiger charge is -2.20. The molecule has 2 aromatic rings. The highest BCUT2D eigenvalue weighted by molar-refractivity contribution is 8.18. The summed E-state index contributed by atoms with van der Waals surface area (Å²) in [5.41, 5.74) is 0.737. The van der Waals surface area contributed by atoms with E-state index in [0.717, 1.165) is 28.2 Å². The molecule has 0 unspecified atom stereocenters. The highest BCUT2D eigenvalue weighted by Crippen LogP contribution is 2.38. The number of hydrogen-bond acceptors (Lipinski definition) is 4. The van der Waals surface area contributed by atoms with Gasteiger partial charge in [-0.1, -0.05) is 51.1 Å². The van der Waals surface area contributed by atoms with E-state index < -0.39 is 28.6 Å². The van der Waals surface area contributed by atoms with Gasteiger partial charge >= 0.3 is 6.18 Å². The zero-order valence-corrected chi connectivity index (χ0v) is 17.4. The number of aromatic hydroxyl groups is 1. The molecule has 0 aromatic heterocycles. The minimum absolute atomic E-state index is 0.0248. The van der Waals surface area contributed by atoms with E-state index in [0.29, 0.717) is 11.8 Å². The number of amides is 2. The van der Waals surface area contributed by atoms with Crippen molar-refractivity contribution in [2.75, 3.05) is 0 Å². The Morgan fingerprint density at radius 2 is 1.67 bits per heavy atom. The van der Waals surface area contributed by atoms with Crippen LogP contribution in [-0.4, -0.2) is 21.2 Å². The van der Waals surface area contributed by atoms with E-state index >= 15 is 0 Å². The number of imide groups is 1. The number of benzene rings is 2. The van der Waals surface area contributed by atoms with Crippen molar-refractivity contribution in [3.05, 3.63) is 69.6 Å². The molecular formula is C22H20F3NO3S. The smallest absolute Gasteiger partial charge is 0.419 e. The first kappa shape index (κ1) is 22.0. The van der Waals surface area contributed by atoms with E-state index in [2.05, 4.69) is 20.8 Å². The van der Waals surface area contributed by atoms with E-state index in [9.17, 15) is 27.9 Å². The number of alkyl halides is 3. The van der Waals surface area contributed by atoms with Crippen molar-refractivity contribution in [3.63, 3.8) is 0 Å². The predicted octanol–water partition coefficient (Wildman–Crippen LogP) is 5.95. The van der Waals surface area contributed by atoms with Crippen molar-refractivity contribution < 1.29 is 27.9 Å². The molecule has 0 saturated carbocycles. The molecule has 1 saturated heterocycles. The van der Waals surface area contributed by atoms with Crippen LogP contribution in [0.5, 0.6) is 5.75 Å². The van der Waals surface area contributed by atoms with Crippen molar-refractivity contribution in [3.8, 4) is 5.75 Å². The van der Waals surface area contributed by atoms with Gasteiger partial charge < -0.3 is 5.11 Å². The fourth-order valence-electron chi connectivity index (χ4n) is 2.95. The number of phenols is 1. The molecule has 158 valence electrons. The van der Waals surface area contributed by atoms with Crippen LogP contribution < -0.4 is 0 Å². The molecule has 1 aliphatic rings. The Labute approximate surface area is 176 Å². The SMILES string of the molecule is CC(C)(C)c1ccc(CN2C(=O)SC(=Cc3ccc(O)c(C(F)(F)F)c3)C2=O)cc1. The molecule has 0 spiro atoms. The first-order chi connectivity index (χ1) is 13.9. The van der Waals surface area contributed by atoms with Gasteiger partial charge in [0.05, 0.1) is 17.0 Å². The Morgan fingerprint density at radius 1 is 1.03 bits per heavy atom. The number of nitrogens with zero attached hydrogens (tertiary/aromatic N) is 1. The topological polar surface area (TPSA) is 57.6 Å². The van der Waals surface area contributed by atoms with Gasteiger partial charge in [0, 0.05) is 0 Å². The highest BCUT2D eigenvalue weighted by atomic mass is 32.2. The predicted molar refractivity (Wildman–Crippen MR) is 110 cm³/mol. The van der Waals surface area contributed by atoms with Gasteiger partial charge in [0.15, 0.2) is 0 Å². The lowest BCUT2D eigenvalue weighted by atomic mass is 9.87. The van der Waals surface area contributed by atoms with Crippen molar-refractivity contribution in [1.82, 2.24) is 4.90 Å². The monoisotopic (exact) mass is 435 g/mol. The average molecular weight is 435 g/mol. The second-order valence-electron chi connectivity index (χ2n) is 7.99. The molecule has 0 bridgehead atoms. The van der Waals surface area contributed by atoms with Crippen molar-refractivity contribution in [2.45, 2.75) is 38.9 Å². The van der Waals surface area contributed by atoms with Gasteiger partial charge in [0.2, 0.25) is 0 Å². The standard InChI is InChI=1S/C22H20F3NO3S/c1-21(2,3)15-7-4-13(5-8-15)12-26-19(28)18(30-20(26)29)11-14-6-9-17(27)16(10-14)22(23,24)25/h4-11,27H,12H2,1-3H3. The Kier molecular flexibility index (Phi) is 5.73. The number of phenolic OH excluding ortho intramolecular Hbond substituents is 1. The summed E-state index contributed by atoms with van der Waals surface area (Å²) in [7, 11) is 0. The highest BCUT2D eigenvalue weighted by Gasteiger charge is 2.36. The molecule has 1 fully saturated rings. The van der Waals surface area contributed by atoms with Crippen LogP contribution in [0.2, 0.25) is 0 Å². The van der Waals surface area contributed by atoms with Crippen LogP contribution in [0.3, 0.4) is 0 Å². The van der Waals surface area contributed by atoms with Crippen LogP contribution in [-0.2, 0) is 22.9 Å². The number of carbonyl (C=O) groups is 2. The van der Waals surface area contributed by atoms with Crippen LogP contribution in [0.1, 0.15) is 43.0 Å². The molecular weight excluding hydrogens is 415 g/mol. The summed E-state index contributed by atoms with van der Waals surface area (Å²) in [5.74, 6) is -1.46. The van der Waals surface area contributed by atoms with Crippen LogP contribution in [0.25, 0.3) is 6.08 Å². The van der Waals surface area contributed by atoms with Crippen LogP contribution in [0, 0.1) is 0 Å². The molecule has 3 rings (SSSR count). The third kappa shape index (κ3) is 4.70. The first-order valence-electron chi connectivity index (χ1n) is 9.11. The molecule has 1 aliphatic heterocycles. The summed E-state index contributed by atoms with van der Waals surface area (Å²) in [5, 5.41) is 8.94. The van der Waals surface area contributed by atoms with Gasteiger partial charge in [-0.2, -0.15) is 13.2 Å². The van der Waals surface area contributed by atoms with Gasteiger partial charge in [-0.15, -0.1) is 0 Å². The fourth-order valence-corrected chi connectivity index (χ4v) is 3.79. The third-order valence-electron chi connectivity index (χ3n) is 4.66. The van der Waals surface area contributed by atoms with Crippen LogP contribution in [0.4, 0.5) is 18.0 Å². The maximum atomic E-state index is 13.0. The zero-order valence-electron chi connectivity index (χ0n) is 16.6. The quantitative estimate of drug-likeness (QED) is 0.606. The largest absolute Gasteiger partial charge is 0.507 e. The van der Waals surface area contributed by atoms with Crippen molar-refractivity contribution in [2.24, 2.45) is 0 Å². The molecule has 0 radical (unpaired) electrons. The minimum atomic E-state index is -4.73. The molecule has 1 heterocycles. The summed E-state index contributed by atoms with van der Waals surface area (Å²) < 4.78 is 38.9. The van der Waals surface area contributed by atoms with Crippen molar-refractivity contribution in [1.29, 1.82) is 0 Å². The van der Waals surface area contributed by atoms with Gasteiger partial charge in [-0.05, 0) is 52.1 Å². The minimum Gasteiger partial charge on any atom is -0.507 e. The molecule has 30 heavy (non-hydrogen) atoms. The van der Waals surface area contributed by atoms with Crippen LogP contribution >= 0.6 is 11.8 Å². The van der Waals surface area contributed by atoms with Gasteiger partial charge in [-0.25, -0.2) is 0 Å². The van der Waals surface area contributed by atoms with E-state index in [1.807, 2.05) is 24.3 Å². The Hall–Kier alpha value is -2.74. The molecule has 8 heteroatoms. The molecule has 2 aromatic carbocycles. The lowest BCUT2D eigenvalue weighted by Crippen LogP contribution is -2.27. The van der Waals surface area contributed by atoms with Crippen molar-refractivity contribution >= 4 is 29.0 Å². The Balaban J connectivity index is 1.81. The molecule has 1 N–H and O–H groups in total. The zero-order chi connectivity index (χ0) is 22.3. The first-order valence-corrected chi connectivity index (χ1v) is 9.93. The number of halogens is 3. The van der Waals surface area contributed by atoms with Crippen LogP contribution in [0.15, 0.2) is 47.4 Å². The molecule has 0 aliphatic carbocycles. The summed E-state index contributed by atoms with van der Waals surface area (Å²) >= 11 is 0.676. The second kappa shape index (κ2) is 7.83. The normalized spacial score (nSPS) is 16.6. The molecule has 0 atom stereocenters. The maximum Gasteiger partial charge on any atom is 0.419 e. The van der Waals surface area contributed by atoms with E-state index in [4.69, 9.17) is 0 Å². The van der Waals surface area contributed by atoms with Gasteiger partial charge in [0.25, 0.3) is 11.1 Å². The van der Waals surface area contributed by atoms with Gasteiger partial charge in [-0.3, -0.25) is 14.5 Å². The number of rotatable bonds is 3. The second-order valence-corrected chi connectivity index (χ2v) is 8.98. The summed E-state index contributed by atoms with van der Waals surface area (Å²) in [4.78, 5) is 26.0. The average Bonchev–Trinajstić information content (AvgIpc) is 2.89. The third-order valence-corrected chi connectivity index (χ3v) is 5.57. The van der Waals surface area contributed by atoms with E-state index in [1.54, 1.807) is 0 Å². The maximum absolute atomic E-state index is 13.0. The Morgan fingerprint density at radius 3 is 2.23 bits per heavy atom. The molecule has 4 nitrogen and oxygen atoms in total.